The Kier molecular flexibility index (Phi) is 7.60. The molecule has 1 N–H and O–H groups in total. The number of nitrogens with zero attached hydrogens (tertiary/aromatic N) is 1. The first-order valence-corrected chi connectivity index (χ1v) is 11.3. The topological polar surface area (TPSA) is 84.9 Å². The zero-order valence-electron chi connectivity index (χ0n) is 17.2. The van der Waals surface area contributed by atoms with Gasteiger partial charge in [-0.15, -0.1) is 0 Å². The van der Waals surface area contributed by atoms with Gasteiger partial charge in [-0.1, -0.05) is 19.1 Å². The largest absolute Gasteiger partial charge is 0.493 e. The van der Waals surface area contributed by atoms with E-state index in [0.717, 1.165) is 32.2 Å². The van der Waals surface area contributed by atoms with Gasteiger partial charge < -0.3 is 14.8 Å². The van der Waals surface area contributed by atoms with Crippen molar-refractivity contribution in [3.05, 3.63) is 56.0 Å². The van der Waals surface area contributed by atoms with Crippen LogP contribution in [-0.2, 0) is 16.0 Å². The molecule has 0 radical (unpaired) electrons. The van der Waals surface area contributed by atoms with E-state index in [1.165, 1.54) is 7.11 Å². The van der Waals surface area contributed by atoms with Gasteiger partial charge in [0.1, 0.15) is 6.54 Å². The Morgan fingerprint density at radius 2 is 1.87 bits per heavy atom. The number of carbonyl (C=O) groups excluding carboxylic acids is 3. The number of ether oxygens (including phenoxy) is 2. The maximum Gasteiger partial charge on any atom is 0.294 e. The number of hydrogen-bond acceptors (Lipinski definition) is 6. The van der Waals surface area contributed by atoms with Crippen LogP contribution in [0.2, 0.25) is 0 Å². The molecular formula is C22H21IN2O5S. The van der Waals surface area contributed by atoms with Crippen LogP contribution in [0.5, 0.6) is 11.5 Å². The van der Waals surface area contributed by atoms with E-state index in [2.05, 4.69) is 27.9 Å². The van der Waals surface area contributed by atoms with Crippen LogP contribution in [-0.4, -0.2) is 42.7 Å². The predicted molar refractivity (Wildman–Crippen MR) is 129 cm³/mol. The molecule has 1 aliphatic rings. The molecule has 0 atom stereocenters. The number of methoxy groups -OCH3 is 2. The van der Waals surface area contributed by atoms with E-state index in [0.29, 0.717) is 22.7 Å². The SMILES string of the molecule is CCc1ccc(NC(=O)CN2C(=O)S/C(=C/c3cc(I)c(OC)c(OC)c3)C2=O)cc1. The monoisotopic (exact) mass is 552 g/mol. The van der Waals surface area contributed by atoms with Gasteiger partial charge in [0.05, 0.1) is 22.7 Å². The fraction of sp³-hybridized carbons (Fsp3) is 0.227. The molecular weight excluding hydrogens is 531 g/mol. The summed E-state index contributed by atoms with van der Waals surface area (Å²) < 4.78 is 11.5. The minimum atomic E-state index is -0.503. The molecule has 1 aliphatic heterocycles. The molecule has 7 nitrogen and oxygen atoms in total. The highest BCUT2D eigenvalue weighted by atomic mass is 127. The zero-order chi connectivity index (χ0) is 22.5. The van der Waals surface area contributed by atoms with Gasteiger partial charge in [0.15, 0.2) is 11.5 Å². The zero-order valence-corrected chi connectivity index (χ0v) is 20.2. The van der Waals surface area contributed by atoms with E-state index in [1.54, 1.807) is 31.4 Å². The molecule has 0 bridgehead atoms. The fourth-order valence-electron chi connectivity index (χ4n) is 2.98. The lowest BCUT2D eigenvalue weighted by molar-refractivity contribution is -0.127. The second-order valence-electron chi connectivity index (χ2n) is 6.60. The number of thioether (sulfide) groups is 1. The van der Waals surface area contributed by atoms with Gasteiger partial charge in [0.25, 0.3) is 11.1 Å². The summed E-state index contributed by atoms with van der Waals surface area (Å²) >= 11 is 2.91. The third-order valence-electron chi connectivity index (χ3n) is 4.57. The number of aryl methyl sites for hydroxylation is 1. The third-order valence-corrected chi connectivity index (χ3v) is 6.28. The highest BCUT2D eigenvalue weighted by molar-refractivity contribution is 14.1. The molecule has 9 heteroatoms. The predicted octanol–water partition coefficient (Wildman–Crippen LogP) is 4.55. The van der Waals surface area contributed by atoms with Gasteiger partial charge in [-0.3, -0.25) is 19.3 Å². The molecule has 0 spiro atoms. The second kappa shape index (κ2) is 10.2. The minimum Gasteiger partial charge on any atom is -0.493 e. The Balaban J connectivity index is 1.73. The summed E-state index contributed by atoms with van der Waals surface area (Å²) in [4.78, 5) is 38.6. The van der Waals surface area contributed by atoms with Crippen molar-refractivity contribution in [1.29, 1.82) is 0 Å². The molecule has 0 unspecified atom stereocenters. The van der Waals surface area contributed by atoms with Crippen LogP contribution >= 0.6 is 34.4 Å². The summed E-state index contributed by atoms with van der Waals surface area (Å²) in [6.07, 6.45) is 2.51. The van der Waals surface area contributed by atoms with Crippen LogP contribution in [0.4, 0.5) is 10.5 Å². The molecule has 0 aliphatic carbocycles. The lowest BCUT2D eigenvalue weighted by Gasteiger charge is -2.13. The van der Waals surface area contributed by atoms with Crippen molar-refractivity contribution < 1.29 is 23.9 Å². The summed E-state index contributed by atoms with van der Waals surface area (Å²) in [5, 5.41) is 2.23. The Morgan fingerprint density at radius 3 is 2.48 bits per heavy atom. The minimum absolute atomic E-state index is 0.244. The van der Waals surface area contributed by atoms with Crippen molar-refractivity contribution >= 4 is 63.2 Å². The molecule has 3 rings (SSSR count). The molecule has 1 fully saturated rings. The quantitative estimate of drug-likeness (QED) is 0.401. The third kappa shape index (κ3) is 5.40. The number of anilines is 1. The molecule has 3 amide bonds. The first-order valence-electron chi connectivity index (χ1n) is 9.42. The molecule has 0 saturated carbocycles. The lowest BCUT2D eigenvalue weighted by Crippen LogP contribution is -2.36. The van der Waals surface area contributed by atoms with Crippen LogP contribution < -0.4 is 14.8 Å². The number of benzene rings is 2. The van der Waals surface area contributed by atoms with E-state index in [1.807, 2.05) is 25.1 Å². The Hall–Kier alpha value is -2.53. The maximum atomic E-state index is 12.7. The molecule has 0 aromatic heterocycles. The summed E-state index contributed by atoms with van der Waals surface area (Å²) in [7, 11) is 3.08. The normalized spacial score (nSPS) is 14.8. The van der Waals surface area contributed by atoms with Crippen LogP contribution in [0, 0.1) is 3.57 Å². The number of carbonyl (C=O) groups is 3. The fourth-order valence-corrected chi connectivity index (χ4v) is 4.66. The molecule has 1 saturated heterocycles. The number of halogens is 1. The van der Waals surface area contributed by atoms with Gasteiger partial charge >= 0.3 is 0 Å². The second-order valence-corrected chi connectivity index (χ2v) is 8.76. The highest BCUT2D eigenvalue weighted by Gasteiger charge is 2.36. The van der Waals surface area contributed by atoms with Gasteiger partial charge in [-0.2, -0.15) is 0 Å². The van der Waals surface area contributed by atoms with Crippen molar-refractivity contribution in [2.45, 2.75) is 13.3 Å². The van der Waals surface area contributed by atoms with Crippen molar-refractivity contribution in [3.63, 3.8) is 0 Å². The van der Waals surface area contributed by atoms with E-state index >= 15 is 0 Å². The standard InChI is InChI=1S/C22H21IN2O5S/c1-4-13-5-7-15(8-6-13)24-19(26)12-25-21(27)18(31-22(25)28)11-14-9-16(23)20(30-3)17(10-14)29-2/h5-11H,4,12H2,1-3H3,(H,24,26)/b18-11+. The Labute approximate surface area is 198 Å². The average Bonchev–Trinajstić information content (AvgIpc) is 3.01. The van der Waals surface area contributed by atoms with Gasteiger partial charge in [0.2, 0.25) is 5.91 Å². The van der Waals surface area contributed by atoms with Crippen molar-refractivity contribution in [1.82, 2.24) is 4.90 Å². The van der Waals surface area contributed by atoms with Crippen LogP contribution in [0.25, 0.3) is 6.08 Å². The van der Waals surface area contributed by atoms with E-state index in [-0.39, 0.29) is 11.4 Å². The van der Waals surface area contributed by atoms with Crippen LogP contribution in [0.15, 0.2) is 41.3 Å². The summed E-state index contributed by atoms with van der Waals surface area (Å²) in [6.45, 7) is 1.70. The Bertz CT molecular complexity index is 1050. The van der Waals surface area contributed by atoms with Crippen LogP contribution in [0.3, 0.4) is 0 Å². The lowest BCUT2D eigenvalue weighted by atomic mass is 10.1. The number of amides is 3. The van der Waals surface area contributed by atoms with Gasteiger partial charge in [-0.25, -0.2) is 0 Å². The molecule has 2 aromatic rings. The molecule has 31 heavy (non-hydrogen) atoms. The number of imide groups is 1. The average molecular weight is 552 g/mol. The van der Waals surface area contributed by atoms with Gasteiger partial charge in [-0.05, 0) is 82.2 Å². The highest BCUT2D eigenvalue weighted by Crippen LogP contribution is 2.37. The Morgan fingerprint density at radius 1 is 1.16 bits per heavy atom. The van der Waals surface area contributed by atoms with Crippen molar-refractivity contribution in [3.8, 4) is 11.5 Å². The maximum absolute atomic E-state index is 12.7. The number of nitrogens with one attached hydrogen (secondary N) is 1. The summed E-state index contributed by atoms with van der Waals surface area (Å²) in [6, 6.07) is 11.0. The summed E-state index contributed by atoms with van der Waals surface area (Å²) in [5.74, 6) is 0.176. The first kappa shape index (κ1) is 23.1. The smallest absolute Gasteiger partial charge is 0.294 e. The van der Waals surface area contributed by atoms with E-state index in [9.17, 15) is 14.4 Å². The number of hydrogen-bond donors (Lipinski definition) is 1. The van der Waals surface area contributed by atoms with Crippen molar-refractivity contribution in [2.75, 3.05) is 26.1 Å². The molecule has 1 heterocycles. The molecule has 2 aromatic carbocycles. The van der Waals surface area contributed by atoms with Crippen LogP contribution in [0.1, 0.15) is 18.1 Å². The first-order chi connectivity index (χ1) is 14.9. The van der Waals surface area contributed by atoms with Crippen molar-refractivity contribution in [2.24, 2.45) is 0 Å². The molecule has 162 valence electrons. The van der Waals surface area contributed by atoms with E-state index < -0.39 is 17.1 Å². The van der Waals surface area contributed by atoms with Gasteiger partial charge in [0, 0.05) is 5.69 Å². The summed E-state index contributed by atoms with van der Waals surface area (Å²) in [5.41, 5.74) is 2.46. The van der Waals surface area contributed by atoms with E-state index in [4.69, 9.17) is 9.47 Å². The number of rotatable bonds is 7.